The highest BCUT2D eigenvalue weighted by atomic mass is 15.2. The number of rotatable bonds is 7. The zero-order chi connectivity index (χ0) is 14.7. The minimum absolute atomic E-state index is 0.504. The number of pyridine rings is 1. The Balaban J connectivity index is 2.33. The molecule has 1 aliphatic rings. The third-order valence-corrected chi connectivity index (χ3v) is 4.05. The van der Waals surface area contributed by atoms with Crippen molar-refractivity contribution in [3.8, 4) is 0 Å². The lowest BCUT2D eigenvalue weighted by molar-refractivity contribution is 0.625. The van der Waals surface area contributed by atoms with Gasteiger partial charge in [-0.3, -0.25) is 0 Å². The molecule has 1 fully saturated rings. The molecule has 0 spiro atoms. The lowest BCUT2D eigenvalue weighted by Gasteiger charge is -2.31. The summed E-state index contributed by atoms with van der Waals surface area (Å²) in [5.74, 6) is 2.08. The molecule has 20 heavy (non-hydrogen) atoms. The van der Waals surface area contributed by atoms with Crippen LogP contribution in [0.3, 0.4) is 0 Å². The zero-order valence-corrected chi connectivity index (χ0v) is 13.7. The molecule has 0 aliphatic heterocycles. The summed E-state index contributed by atoms with van der Waals surface area (Å²) in [6, 6.07) is 2.70. The Morgan fingerprint density at radius 3 is 2.60 bits per heavy atom. The summed E-state index contributed by atoms with van der Waals surface area (Å²) in [6.07, 6.45) is 2.77. The molecule has 1 aromatic heterocycles. The normalized spacial score (nSPS) is 14.9. The van der Waals surface area contributed by atoms with E-state index in [-0.39, 0.29) is 0 Å². The summed E-state index contributed by atoms with van der Waals surface area (Å²) in [7, 11) is 0. The number of nitrogens with zero attached hydrogens (tertiary/aromatic N) is 2. The Hall–Kier alpha value is -1.09. The van der Waals surface area contributed by atoms with Crippen LogP contribution < -0.4 is 10.2 Å². The molecule has 0 saturated heterocycles. The molecule has 3 nitrogen and oxygen atoms in total. The van der Waals surface area contributed by atoms with E-state index >= 15 is 0 Å². The molecule has 0 radical (unpaired) electrons. The lowest BCUT2D eigenvalue weighted by Crippen LogP contribution is -2.35. The van der Waals surface area contributed by atoms with Crippen molar-refractivity contribution in [2.24, 2.45) is 5.92 Å². The standard InChI is InChI=1S/C17H29N3/c1-6-18-10-16-13(4)9-14(5)19-17(16)20(12(2)3)11-15-7-8-15/h9,12,15,18H,6-8,10-11H2,1-5H3. The maximum absolute atomic E-state index is 4.88. The highest BCUT2D eigenvalue weighted by molar-refractivity contribution is 5.52. The van der Waals surface area contributed by atoms with Crippen molar-refractivity contribution in [1.29, 1.82) is 0 Å². The van der Waals surface area contributed by atoms with E-state index in [9.17, 15) is 0 Å². The highest BCUT2D eigenvalue weighted by Crippen LogP contribution is 2.33. The van der Waals surface area contributed by atoms with Gasteiger partial charge in [0, 0.05) is 30.4 Å². The van der Waals surface area contributed by atoms with E-state index in [1.165, 1.54) is 29.8 Å². The van der Waals surface area contributed by atoms with Gasteiger partial charge in [-0.05, 0) is 64.6 Å². The van der Waals surface area contributed by atoms with Crippen molar-refractivity contribution >= 4 is 5.82 Å². The molecule has 3 heteroatoms. The van der Waals surface area contributed by atoms with Crippen molar-refractivity contribution in [2.45, 2.75) is 60.0 Å². The van der Waals surface area contributed by atoms with Crippen LogP contribution in [0.1, 0.15) is 50.4 Å². The average molecular weight is 275 g/mol. The summed E-state index contributed by atoms with van der Waals surface area (Å²) in [5, 5.41) is 3.46. The maximum Gasteiger partial charge on any atom is 0.133 e. The van der Waals surface area contributed by atoms with Crippen LogP contribution in [0, 0.1) is 19.8 Å². The van der Waals surface area contributed by atoms with E-state index < -0.39 is 0 Å². The molecule has 0 atom stereocenters. The molecular formula is C17H29N3. The molecule has 0 bridgehead atoms. The SMILES string of the molecule is CCNCc1c(C)cc(C)nc1N(CC1CC1)C(C)C. The topological polar surface area (TPSA) is 28.2 Å². The zero-order valence-electron chi connectivity index (χ0n) is 13.7. The van der Waals surface area contributed by atoms with Gasteiger partial charge < -0.3 is 10.2 Å². The van der Waals surface area contributed by atoms with Gasteiger partial charge in [-0.15, -0.1) is 0 Å². The summed E-state index contributed by atoms with van der Waals surface area (Å²) < 4.78 is 0. The third-order valence-electron chi connectivity index (χ3n) is 4.05. The molecule has 1 heterocycles. The van der Waals surface area contributed by atoms with Gasteiger partial charge in [-0.1, -0.05) is 6.92 Å². The summed E-state index contributed by atoms with van der Waals surface area (Å²) in [4.78, 5) is 7.38. The molecule has 1 aliphatic carbocycles. The molecule has 2 rings (SSSR count). The van der Waals surface area contributed by atoms with Gasteiger partial charge in [-0.25, -0.2) is 4.98 Å². The van der Waals surface area contributed by atoms with E-state index in [1.807, 2.05) is 0 Å². The summed E-state index contributed by atoms with van der Waals surface area (Å²) >= 11 is 0. The molecular weight excluding hydrogens is 246 g/mol. The molecule has 0 aromatic carbocycles. The largest absolute Gasteiger partial charge is 0.354 e. The van der Waals surface area contributed by atoms with Crippen LogP contribution in [0.4, 0.5) is 5.82 Å². The molecule has 1 saturated carbocycles. The Morgan fingerprint density at radius 2 is 2.05 bits per heavy atom. The van der Waals surface area contributed by atoms with E-state index in [1.54, 1.807) is 0 Å². The first-order valence-electron chi connectivity index (χ1n) is 7.97. The third kappa shape index (κ3) is 3.72. The first kappa shape index (κ1) is 15.3. The van der Waals surface area contributed by atoms with Crippen LogP contribution in [0.5, 0.6) is 0 Å². The highest BCUT2D eigenvalue weighted by Gasteiger charge is 2.27. The molecule has 0 unspecified atom stereocenters. The van der Waals surface area contributed by atoms with E-state index in [2.05, 4.69) is 50.9 Å². The minimum atomic E-state index is 0.504. The minimum Gasteiger partial charge on any atom is -0.354 e. The number of hydrogen-bond donors (Lipinski definition) is 1. The number of hydrogen-bond acceptors (Lipinski definition) is 3. The van der Waals surface area contributed by atoms with Gasteiger partial charge >= 0.3 is 0 Å². The smallest absolute Gasteiger partial charge is 0.133 e. The predicted octanol–water partition coefficient (Wildman–Crippen LogP) is 3.43. The van der Waals surface area contributed by atoms with Crippen LogP contribution in [0.15, 0.2) is 6.07 Å². The fourth-order valence-corrected chi connectivity index (χ4v) is 2.67. The first-order chi connectivity index (χ1) is 9.52. The average Bonchev–Trinajstić information content (AvgIpc) is 3.17. The van der Waals surface area contributed by atoms with Crippen LogP contribution in [-0.2, 0) is 6.54 Å². The van der Waals surface area contributed by atoms with Crippen molar-refractivity contribution in [1.82, 2.24) is 10.3 Å². The van der Waals surface area contributed by atoms with Crippen molar-refractivity contribution in [3.63, 3.8) is 0 Å². The van der Waals surface area contributed by atoms with Crippen molar-refractivity contribution < 1.29 is 0 Å². The van der Waals surface area contributed by atoms with Gasteiger partial charge in [0.2, 0.25) is 0 Å². The predicted molar refractivity (Wildman–Crippen MR) is 86.3 cm³/mol. The fraction of sp³-hybridized carbons (Fsp3) is 0.706. The van der Waals surface area contributed by atoms with Gasteiger partial charge in [-0.2, -0.15) is 0 Å². The Bertz CT molecular complexity index is 450. The second-order valence-electron chi connectivity index (χ2n) is 6.35. The van der Waals surface area contributed by atoms with E-state index in [0.717, 1.165) is 31.2 Å². The molecule has 112 valence electrons. The number of anilines is 1. The first-order valence-corrected chi connectivity index (χ1v) is 7.97. The number of aromatic nitrogens is 1. The van der Waals surface area contributed by atoms with E-state index in [0.29, 0.717) is 6.04 Å². The summed E-state index contributed by atoms with van der Waals surface area (Å²) in [5.41, 5.74) is 3.85. The molecule has 1 aromatic rings. The molecule has 0 amide bonds. The van der Waals surface area contributed by atoms with Gasteiger partial charge in [0.05, 0.1) is 0 Å². The second kappa shape index (κ2) is 6.57. The Morgan fingerprint density at radius 1 is 1.35 bits per heavy atom. The quantitative estimate of drug-likeness (QED) is 0.826. The number of nitrogens with one attached hydrogen (secondary N) is 1. The monoisotopic (exact) mass is 275 g/mol. The van der Waals surface area contributed by atoms with Crippen LogP contribution in [0.2, 0.25) is 0 Å². The Labute approximate surface area is 123 Å². The van der Waals surface area contributed by atoms with Crippen LogP contribution in [-0.4, -0.2) is 24.1 Å². The van der Waals surface area contributed by atoms with Crippen LogP contribution in [0.25, 0.3) is 0 Å². The van der Waals surface area contributed by atoms with Gasteiger partial charge in [0.1, 0.15) is 5.82 Å². The van der Waals surface area contributed by atoms with Crippen molar-refractivity contribution in [2.75, 3.05) is 18.0 Å². The molecule has 1 N–H and O–H groups in total. The van der Waals surface area contributed by atoms with Crippen molar-refractivity contribution in [3.05, 3.63) is 22.9 Å². The Kier molecular flexibility index (Phi) is 5.03. The lowest BCUT2D eigenvalue weighted by atomic mass is 10.1. The fourth-order valence-electron chi connectivity index (χ4n) is 2.67. The van der Waals surface area contributed by atoms with Crippen LogP contribution >= 0.6 is 0 Å². The number of aryl methyl sites for hydroxylation is 2. The van der Waals surface area contributed by atoms with Gasteiger partial charge in [0.15, 0.2) is 0 Å². The van der Waals surface area contributed by atoms with Gasteiger partial charge in [0.25, 0.3) is 0 Å². The second-order valence-corrected chi connectivity index (χ2v) is 6.35. The maximum atomic E-state index is 4.88. The van der Waals surface area contributed by atoms with E-state index in [4.69, 9.17) is 4.98 Å². The summed E-state index contributed by atoms with van der Waals surface area (Å²) in [6.45, 7) is 14.1.